The molecule has 0 aliphatic carbocycles. The summed E-state index contributed by atoms with van der Waals surface area (Å²) in [5.41, 5.74) is 3.05. The first-order chi connectivity index (χ1) is 10.6. The average Bonchev–Trinajstić information content (AvgIpc) is 2.56. The van der Waals surface area contributed by atoms with E-state index in [4.69, 9.17) is 4.42 Å². The molecule has 0 unspecified atom stereocenters. The summed E-state index contributed by atoms with van der Waals surface area (Å²) in [5.74, 6) is 0.108. The number of hydrogen-bond donors (Lipinski definition) is 1. The molecule has 3 heteroatoms. The van der Waals surface area contributed by atoms with Crippen molar-refractivity contribution in [2.45, 2.75) is 6.92 Å². The molecule has 0 saturated heterocycles. The van der Waals surface area contributed by atoms with Crippen LogP contribution in [0.5, 0.6) is 0 Å². The van der Waals surface area contributed by atoms with E-state index in [0.717, 1.165) is 16.7 Å². The molecule has 0 aliphatic heterocycles. The molecule has 2 aromatic carbocycles. The van der Waals surface area contributed by atoms with Crippen LogP contribution in [-0.2, 0) is 0 Å². The minimum absolute atomic E-state index is 0.209. The fourth-order valence-electron chi connectivity index (χ4n) is 2.23. The fraction of sp³-hybridized carbons (Fsp3) is 0.0526. The van der Waals surface area contributed by atoms with Gasteiger partial charge in [0.05, 0.1) is 28.8 Å². The third-order valence-corrected chi connectivity index (χ3v) is 3.43. The van der Waals surface area contributed by atoms with Gasteiger partial charge in [0.15, 0.2) is 0 Å². The summed E-state index contributed by atoms with van der Waals surface area (Å²) in [6.45, 7) is 2.00. The van der Waals surface area contributed by atoms with E-state index in [1.54, 1.807) is 12.1 Å². The summed E-state index contributed by atoms with van der Waals surface area (Å²) in [6, 6.07) is 20.4. The molecular weight excluding hydrogens is 276 g/mol. The summed E-state index contributed by atoms with van der Waals surface area (Å²) < 4.78 is 5.92. The molecule has 3 rings (SSSR count). The second kappa shape index (κ2) is 5.82. The Hall–Kier alpha value is -2.94. The number of carboxylic acid groups (broad SMARTS) is 1. The molecular formula is C19H15O3+. The predicted molar refractivity (Wildman–Crippen MR) is 85.7 cm³/mol. The molecule has 0 saturated carbocycles. The van der Waals surface area contributed by atoms with E-state index in [1.807, 2.05) is 61.5 Å². The third kappa shape index (κ3) is 2.88. The molecule has 3 aromatic rings. The molecule has 108 valence electrons. The van der Waals surface area contributed by atoms with E-state index < -0.39 is 5.97 Å². The summed E-state index contributed by atoms with van der Waals surface area (Å²) >= 11 is 0. The van der Waals surface area contributed by atoms with Crippen molar-refractivity contribution in [2.75, 3.05) is 0 Å². The first-order valence-corrected chi connectivity index (χ1v) is 6.97. The number of aromatic carboxylic acids is 1. The minimum Gasteiger partial charge on any atom is -0.478 e. The molecule has 1 heterocycles. The van der Waals surface area contributed by atoms with Gasteiger partial charge in [0, 0.05) is 0 Å². The Kier molecular flexibility index (Phi) is 3.71. The monoisotopic (exact) mass is 291 g/mol. The summed E-state index contributed by atoms with van der Waals surface area (Å²) in [6.07, 6.45) is 0. The number of benzene rings is 2. The molecule has 3 nitrogen and oxygen atoms in total. The van der Waals surface area contributed by atoms with E-state index in [9.17, 15) is 9.90 Å². The molecule has 22 heavy (non-hydrogen) atoms. The zero-order valence-corrected chi connectivity index (χ0v) is 12.1. The van der Waals surface area contributed by atoms with Crippen molar-refractivity contribution in [3.05, 3.63) is 77.9 Å². The summed E-state index contributed by atoms with van der Waals surface area (Å²) in [4.78, 5) is 11.4. The van der Waals surface area contributed by atoms with Crippen LogP contribution in [0.4, 0.5) is 0 Å². The van der Waals surface area contributed by atoms with Crippen molar-refractivity contribution >= 4 is 5.97 Å². The smallest absolute Gasteiger partial charge is 0.361 e. The molecule has 1 N–H and O–H groups in total. The Morgan fingerprint density at radius 2 is 1.41 bits per heavy atom. The van der Waals surface area contributed by atoms with Gasteiger partial charge in [-0.25, -0.2) is 9.21 Å². The topological polar surface area (TPSA) is 48.6 Å². The average molecular weight is 291 g/mol. The van der Waals surface area contributed by atoms with Crippen LogP contribution in [0, 0.1) is 6.92 Å². The Morgan fingerprint density at radius 3 is 1.95 bits per heavy atom. The second-order valence-corrected chi connectivity index (χ2v) is 5.11. The molecule has 0 radical (unpaired) electrons. The lowest BCUT2D eigenvalue weighted by Crippen LogP contribution is -1.97. The van der Waals surface area contributed by atoms with Crippen LogP contribution in [0.3, 0.4) is 0 Å². The van der Waals surface area contributed by atoms with Crippen molar-refractivity contribution in [3.8, 4) is 22.6 Å². The van der Waals surface area contributed by atoms with Gasteiger partial charge in [-0.1, -0.05) is 35.9 Å². The molecule has 0 amide bonds. The van der Waals surface area contributed by atoms with Gasteiger partial charge in [0.1, 0.15) is 0 Å². The van der Waals surface area contributed by atoms with Crippen LogP contribution in [0.2, 0.25) is 0 Å². The van der Waals surface area contributed by atoms with Gasteiger partial charge >= 0.3 is 17.5 Å². The van der Waals surface area contributed by atoms with Crippen molar-refractivity contribution in [2.24, 2.45) is 0 Å². The standard InChI is InChI=1S/C19H14O3/c1-13-7-9-15(10-8-13)18-12-16(19(20)21)11-17(22-18)14-5-3-2-4-6-14/h2-12H,1H3/p+1. The molecule has 0 bridgehead atoms. The van der Waals surface area contributed by atoms with E-state index in [-0.39, 0.29) is 5.56 Å². The predicted octanol–water partition coefficient (Wildman–Crippen LogP) is 4.90. The highest BCUT2D eigenvalue weighted by Gasteiger charge is 2.22. The lowest BCUT2D eigenvalue weighted by molar-refractivity contribution is 0.0696. The van der Waals surface area contributed by atoms with Crippen LogP contribution in [0.1, 0.15) is 15.9 Å². The highest BCUT2D eigenvalue weighted by Crippen LogP contribution is 2.28. The lowest BCUT2D eigenvalue weighted by atomic mass is 10.1. The lowest BCUT2D eigenvalue weighted by Gasteiger charge is -1.98. The Bertz CT molecular complexity index is 806. The number of carbonyl (C=O) groups is 1. The van der Waals surface area contributed by atoms with E-state index >= 15 is 0 Å². The maximum atomic E-state index is 11.4. The van der Waals surface area contributed by atoms with Crippen molar-refractivity contribution in [1.82, 2.24) is 0 Å². The van der Waals surface area contributed by atoms with Gasteiger partial charge in [-0.2, -0.15) is 0 Å². The highest BCUT2D eigenvalue weighted by molar-refractivity contribution is 5.90. The molecule has 0 aliphatic rings. The maximum Gasteiger partial charge on any atom is 0.361 e. The first-order valence-electron chi connectivity index (χ1n) is 6.97. The molecule has 0 spiro atoms. The number of hydrogen-bond acceptors (Lipinski definition) is 1. The van der Waals surface area contributed by atoms with Crippen LogP contribution in [-0.4, -0.2) is 11.1 Å². The second-order valence-electron chi connectivity index (χ2n) is 5.11. The van der Waals surface area contributed by atoms with Crippen molar-refractivity contribution in [3.63, 3.8) is 0 Å². The highest BCUT2D eigenvalue weighted by atomic mass is 16.4. The van der Waals surface area contributed by atoms with Gasteiger partial charge in [-0.15, -0.1) is 0 Å². The third-order valence-electron chi connectivity index (χ3n) is 3.43. The van der Waals surface area contributed by atoms with Gasteiger partial charge in [0.25, 0.3) is 0 Å². The molecule has 0 atom stereocenters. The van der Waals surface area contributed by atoms with Gasteiger partial charge in [-0.05, 0) is 31.2 Å². The number of rotatable bonds is 3. The van der Waals surface area contributed by atoms with E-state index in [1.165, 1.54) is 0 Å². The largest absolute Gasteiger partial charge is 0.478 e. The Labute approximate surface area is 128 Å². The van der Waals surface area contributed by atoms with E-state index in [2.05, 4.69) is 0 Å². The first kappa shape index (κ1) is 14.0. The zero-order chi connectivity index (χ0) is 15.5. The van der Waals surface area contributed by atoms with Crippen LogP contribution in [0.25, 0.3) is 22.6 Å². The Morgan fingerprint density at radius 1 is 0.864 bits per heavy atom. The number of aryl methyl sites for hydroxylation is 1. The van der Waals surface area contributed by atoms with Gasteiger partial charge in [-0.3, -0.25) is 0 Å². The van der Waals surface area contributed by atoms with Gasteiger partial charge in [0.2, 0.25) is 0 Å². The molecule has 0 fully saturated rings. The molecule has 1 aromatic heterocycles. The number of carboxylic acids is 1. The maximum absolute atomic E-state index is 11.4. The fourth-order valence-corrected chi connectivity index (χ4v) is 2.23. The Balaban J connectivity index is 2.16. The zero-order valence-electron chi connectivity index (χ0n) is 12.1. The van der Waals surface area contributed by atoms with Gasteiger partial charge < -0.3 is 5.11 Å². The minimum atomic E-state index is -0.971. The summed E-state index contributed by atoms with van der Waals surface area (Å²) in [5, 5.41) is 9.33. The normalized spacial score (nSPS) is 10.4. The van der Waals surface area contributed by atoms with Crippen LogP contribution >= 0.6 is 0 Å². The van der Waals surface area contributed by atoms with Crippen molar-refractivity contribution < 1.29 is 14.3 Å². The summed E-state index contributed by atoms with van der Waals surface area (Å²) in [7, 11) is 0. The van der Waals surface area contributed by atoms with Crippen LogP contribution < -0.4 is 0 Å². The SMILES string of the molecule is Cc1ccc(-c2cc(C(=O)O)cc(-c3ccccc3)[o+]2)cc1. The quantitative estimate of drug-likeness (QED) is 0.698. The van der Waals surface area contributed by atoms with Crippen molar-refractivity contribution in [1.29, 1.82) is 0 Å². The van der Waals surface area contributed by atoms with Crippen LogP contribution in [0.15, 0.2) is 71.1 Å². The van der Waals surface area contributed by atoms with E-state index in [0.29, 0.717) is 11.5 Å².